The van der Waals surface area contributed by atoms with Crippen LogP contribution in [0.4, 0.5) is 0 Å². The Hall–Kier alpha value is -1.40. The van der Waals surface area contributed by atoms with Crippen LogP contribution in [0, 0.1) is 0 Å². The highest BCUT2D eigenvalue weighted by Gasteiger charge is 2.37. The first kappa shape index (κ1) is 17.4. The number of nitrogens with zero attached hydrogens (tertiary/aromatic N) is 1. The van der Waals surface area contributed by atoms with Crippen molar-refractivity contribution in [2.75, 3.05) is 6.54 Å². The van der Waals surface area contributed by atoms with Crippen molar-refractivity contribution in [3.05, 3.63) is 64.1 Å². The van der Waals surface area contributed by atoms with Crippen molar-refractivity contribution in [1.29, 1.82) is 0 Å². The Morgan fingerprint density at radius 3 is 2.04 bits per heavy atom. The highest BCUT2D eigenvalue weighted by atomic mass is 35.5. The van der Waals surface area contributed by atoms with Crippen LogP contribution in [-0.2, 0) is 14.8 Å². The molecular formula is C17H15Cl2NO3S. The summed E-state index contributed by atoms with van der Waals surface area (Å²) in [5.41, 5.74) is 0.755. The molecule has 24 heavy (non-hydrogen) atoms. The molecule has 1 heterocycles. The summed E-state index contributed by atoms with van der Waals surface area (Å²) < 4.78 is 27.4. The number of ketones is 1. The van der Waals surface area contributed by atoms with Crippen LogP contribution in [0.25, 0.3) is 0 Å². The molecule has 0 amide bonds. The lowest BCUT2D eigenvalue weighted by molar-refractivity contribution is -0.121. The first-order chi connectivity index (χ1) is 11.4. The van der Waals surface area contributed by atoms with Gasteiger partial charge in [0.2, 0.25) is 10.0 Å². The van der Waals surface area contributed by atoms with Gasteiger partial charge in [0.1, 0.15) is 5.78 Å². The van der Waals surface area contributed by atoms with Crippen LogP contribution in [-0.4, -0.2) is 25.1 Å². The van der Waals surface area contributed by atoms with Crippen molar-refractivity contribution in [2.45, 2.75) is 23.8 Å². The third kappa shape index (κ3) is 3.49. The van der Waals surface area contributed by atoms with E-state index in [0.29, 0.717) is 10.0 Å². The molecule has 1 atom stereocenters. The zero-order valence-electron chi connectivity index (χ0n) is 12.7. The predicted octanol–water partition coefficient (Wildman–Crippen LogP) is 4.09. The molecule has 1 aliphatic rings. The third-order valence-corrected chi connectivity index (χ3v) is 6.48. The van der Waals surface area contributed by atoms with E-state index in [0.717, 1.165) is 5.56 Å². The maximum absolute atomic E-state index is 13.0. The molecule has 1 fully saturated rings. The van der Waals surface area contributed by atoms with E-state index in [-0.39, 0.29) is 30.1 Å². The number of benzene rings is 2. The Bertz CT molecular complexity index is 848. The monoisotopic (exact) mass is 383 g/mol. The minimum atomic E-state index is -3.72. The van der Waals surface area contributed by atoms with Crippen molar-refractivity contribution < 1.29 is 13.2 Å². The first-order valence-corrected chi connectivity index (χ1v) is 9.62. The fourth-order valence-electron chi connectivity index (χ4n) is 2.81. The molecule has 2 aromatic rings. The number of hydrogen-bond acceptors (Lipinski definition) is 3. The summed E-state index contributed by atoms with van der Waals surface area (Å²) in [6.45, 7) is 0.164. The van der Waals surface area contributed by atoms with Crippen LogP contribution in [0.5, 0.6) is 0 Å². The zero-order valence-corrected chi connectivity index (χ0v) is 15.0. The van der Waals surface area contributed by atoms with Crippen molar-refractivity contribution in [2.24, 2.45) is 0 Å². The number of halogens is 2. The van der Waals surface area contributed by atoms with Gasteiger partial charge in [-0.3, -0.25) is 4.79 Å². The van der Waals surface area contributed by atoms with Crippen LogP contribution in [0.1, 0.15) is 24.4 Å². The second-order valence-electron chi connectivity index (χ2n) is 5.63. The fourth-order valence-corrected chi connectivity index (χ4v) is 4.67. The Kier molecular flexibility index (Phi) is 4.97. The summed E-state index contributed by atoms with van der Waals surface area (Å²) in [5, 5.41) is 1.03. The molecule has 1 saturated heterocycles. The lowest BCUT2D eigenvalue weighted by Gasteiger charge is -2.34. The molecule has 0 radical (unpaired) electrons. The molecule has 3 rings (SSSR count). The molecule has 0 N–H and O–H groups in total. The topological polar surface area (TPSA) is 54.5 Å². The molecule has 0 aliphatic carbocycles. The van der Waals surface area contributed by atoms with Crippen LogP contribution in [0.3, 0.4) is 0 Å². The molecule has 4 nitrogen and oxygen atoms in total. The second-order valence-corrected chi connectivity index (χ2v) is 8.39. The molecule has 0 spiro atoms. The Labute approximate surface area is 151 Å². The molecule has 1 aliphatic heterocycles. The van der Waals surface area contributed by atoms with Gasteiger partial charge in [-0.05, 0) is 42.0 Å². The van der Waals surface area contributed by atoms with Gasteiger partial charge < -0.3 is 0 Å². The molecule has 7 heteroatoms. The van der Waals surface area contributed by atoms with Gasteiger partial charge in [0.25, 0.3) is 0 Å². The lowest BCUT2D eigenvalue weighted by atomic mass is 9.97. The SMILES string of the molecule is O=C1CCN(S(=O)(=O)c2ccc(Cl)cc2)C(c2ccc(Cl)cc2)C1. The summed E-state index contributed by atoms with van der Waals surface area (Å²) in [6.07, 6.45) is 0.380. The molecule has 126 valence electrons. The normalized spacial score (nSPS) is 19.4. The van der Waals surface area contributed by atoms with Gasteiger partial charge in [0.05, 0.1) is 10.9 Å². The van der Waals surface area contributed by atoms with E-state index in [1.807, 2.05) is 0 Å². The quantitative estimate of drug-likeness (QED) is 0.801. The second kappa shape index (κ2) is 6.84. The number of rotatable bonds is 3. The molecule has 0 aromatic heterocycles. The van der Waals surface area contributed by atoms with E-state index in [1.54, 1.807) is 36.4 Å². The largest absolute Gasteiger partial charge is 0.300 e. The summed E-state index contributed by atoms with van der Waals surface area (Å²) >= 11 is 11.7. The van der Waals surface area contributed by atoms with Gasteiger partial charge in [-0.25, -0.2) is 8.42 Å². The number of Topliss-reactive ketones (excluding diaryl/α,β-unsaturated/α-hetero) is 1. The van der Waals surface area contributed by atoms with Gasteiger partial charge >= 0.3 is 0 Å². The molecule has 0 bridgehead atoms. The highest BCUT2D eigenvalue weighted by Crippen LogP contribution is 2.34. The minimum absolute atomic E-state index is 0.0532. The van der Waals surface area contributed by atoms with E-state index in [2.05, 4.69) is 0 Å². The van der Waals surface area contributed by atoms with Crippen molar-refractivity contribution in [1.82, 2.24) is 4.31 Å². The van der Waals surface area contributed by atoms with Crippen molar-refractivity contribution >= 4 is 39.0 Å². The molecule has 2 aromatic carbocycles. The van der Waals surface area contributed by atoms with Gasteiger partial charge in [-0.1, -0.05) is 35.3 Å². The fraction of sp³-hybridized carbons (Fsp3) is 0.235. The number of carbonyl (C=O) groups is 1. The molecular weight excluding hydrogens is 369 g/mol. The predicted molar refractivity (Wildman–Crippen MR) is 93.8 cm³/mol. The lowest BCUT2D eigenvalue weighted by Crippen LogP contribution is -2.41. The number of piperidine rings is 1. The summed E-state index contributed by atoms with van der Waals surface area (Å²) in [7, 11) is -3.72. The smallest absolute Gasteiger partial charge is 0.243 e. The maximum atomic E-state index is 13.0. The summed E-state index contributed by atoms with van der Waals surface area (Å²) in [4.78, 5) is 12.1. The van der Waals surface area contributed by atoms with E-state index in [1.165, 1.54) is 16.4 Å². The Balaban J connectivity index is 2.01. The standard InChI is InChI=1S/C17H15Cl2NO3S/c18-13-3-1-12(2-4-13)17-11-15(21)9-10-20(17)24(22,23)16-7-5-14(19)6-8-16/h1-8,17H,9-11H2. The number of carbonyl (C=O) groups excluding carboxylic acids is 1. The Morgan fingerprint density at radius 2 is 1.46 bits per heavy atom. The highest BCUT2D eigenvalue weighted by molar-refractivity contribution is 7.89. The van der Waals surface area contributed by atoms with Crippen LogP contribution in [0.15, 0.2) is 53.4 Å². The van der Waals surface area contributed by atoms with Gasteiger partial charge in [0.15, 0.2) is 0 Å². The number of hydrogen-bond donors (Lipinski definition) is 0. The maximum Gasteiger partial charge on any atom is 0.243 e. The summed E-state index contributed by atoms with van der Waals surface area (Å²) in [5.74, 6) is 0.0532. The van der Waals surface area contributed by atoms with E-state index < -0.39 is 16.1 Å². The first-order valence-electron chi connectivity index (χ1n) is 7.42. The van der Waals surface area contributed by atoms with E-state index >= 15 is 0 Å². The van der Waals surface area contributed by atoms with Crippen molar-refractivity contribution in [3.63, 3.8) is 0 Å². The molecule has 1 unspecified atom stereocenters. The van der Waals surface area contributed by atoms with E-state index in [9.17, 15) is 13.2 Å². The minimum Gasteiger partial charge on any atom is -0.300 e. The zero-order chi connectivity index (χ0) is 17.3. The number of sulfonamides is 1. The van der Waals surface area contributed by atoms with Gasteiger partial charge in [-0.15, -0.1) is 0 Å². The van der Waals surface area contributed by atoms with Crippen LogP contribution < -0.4 is 0 Å². The average Bonchev–Trinajstić information content (AvgIpc) is 2.55. The third-order valence-electron chi connectivity index (χ3n) is 4.05. The molecule has 0 saturated carbocycles. The average molecular weight is 384 g/mol. The van der Waals surface area contributed by atoms with Crippen LogP contribution >= 0.6 is 23.2 Å². The Morgan fingerprint density at radius 1 is 0.917 bits per heavy atom. The summed E-state index contributed by atoms with van der Waals surface area (Å²) in [6, 6.07) is 12.4. The van der Waals surface area contributed by atoms with Crippen LogP contribution in [0.2, 0.25) is 10.0 Å². The van der Waals surface area contributed by atoms with Gasteiger partial charge in [-0.2, -0.15) is 4.31 Å². The van der Waals surface area contributed by atoms with Gasteiger partial charge in [0, 0.05) is 29.4 Å². The van der Waals surface area contributed by atoms with E-state index in [4.69, 9.17) is 23.2 Å². The van der Waals surface area contributed by atoms with Crippen molar-refractivity contribution in [3.8, 4) is 0 Å².